The molecule has 0 radical (unpaired) electrons. The summed E-state index contributed by atoms with van der Waals surface area (Å²) < 4.78 is 13.6. The average Bonchev–Trinajstić information content (AvgIpc) is 2.97. The Morgan fingerprint density at radius 2 is 1.81 bits per heavy atom. The van der Waals surface area contributed by atoms with Crippen molar-refractivity contribution in [1.29, 1.82) is 0 Å². The van der Waals surface area contributed by atoms with E-state index in [0.717, 1.165) is 24.0 Å². The number of rotatable bonds is 3. The van der Waals surface area contributed by atoms with Gasteiger partial charge in [-0.05, 0) is 48.9 Å². The van der Waals surface area contributed by atoms with E-state index in [4.69, 9.17) is 5.73 Å². The van der Waals surface area contributed by atoms with Crippen molar-refractivity contribution in [3.63, 3.8) is 0 Å². The van der Waals surface area contributed by atoms with Crippen LogP contribution in [0, 0.1) is 5.82 Å². The van der Waals surface area contributed by atoms with Crippen molar-refractivity contribution >= 4 is 0 Å². The largest absolute Gasteiger partial charge is 0.327 e. The molecule has 0 amide bonds. The lowest BCUT2D eigenvalue weighted by atomic mass is 9.87. The Morgan fingerprint density at radius 1 is 1.19 bits per heavy atom. The zero-order chi connectivity index (χ0) is 11.9. The third-order valence-electron chi connectivity index (χ3n) is 3.82. The van der Waals surface area contributed by atoms with Gasteiger partial charge in [0.25, 0.3) is 0 Å². The number of hydrogen-bond donors (Lipinski definition) is 1. The number of halogens is 1. The topological polar surface area (TPSA) is 26.0 Å². The molecule has 1 aromatic carbocycles. The molecule has 0 spiro atoms. The van der Waals surface area contributed by atoms with Crippen LogP contribution < -0.4 is 5.73 Å². The molecule has 1 aromatic rings. The van der Waals surface area contributed by atoms with Crippen LogP contribution in [0.1, 0.15) is 50.7 Å². The van der Waals surface area contributed by atoms with E-state index in [1.165, 1.54) is 0 Å². The van der Waals surface area contributed by atoms with Crippen molar-refractivity contribution in [3.8, 4) is 0 Å². The van der Waals surface area contributed by atoms with Crippen LogP contribution in [0.15, 0.2) is 18.2 Å². The van der Waals surface area contributed by atoms with E-state index in [9.17, 15) is 4.39 Å². The summed E-state index contributed by atoms with van der Waals surface area (Å²) in [6.07, 6.45) is 2.18. The highest BCUT2D eigenvalue weighted by atomic mass is 19.1. The fourth-order valence-electron chi connectivity index (χ4n) is 2.37. The van der Waals surface area contributed by atoms with Crippen molar-refractivity contribution in [2.24, 2.45) is 5.73 Å². The molecule has 2 N–H and O–H groups in total. The average molecular weight is 221 g/mol. The predicted molar refractivity (Wildman–Crippen MR) is 65.1 cm³/mol. The van der Waals surface area contributed by atoms with Gasteiger partial charge in [0.2, 0.25) is 0 Å². The van der Waals surface area contributed by atoms with Crippen molar-refractivity contribution in [2.45, 2.75) is 51.0 Å². The van der Waals surface area contributed by atoms with E-state index in [-0.39, 0.29) is 17.3 Å². The Balaban J connectivity index is 2.42. The molecule has 88 valence electrons. The molecule has 1 fully saturated rings. The first-order valence-corrected chi connectivity index (χ1v) is 6.02. The minimum absolute atomic E-state index is 0.0474. The predicted octanol–water partition coefficient (Wildman–Crippen LogP) is 3.33. The molecule has 1 unspecified atom stereocenters. The number of benzene rings is 1. The first-order valence-electron chi connectivity index (χ1n) is 6.02. The Hall–Kier alpha value is -0.890. The second kappa shape index (κ2) is 3.85. The zero-order valence-electron chi connectivity index (χ0n) is 10.3. The summed E-state index contributed by atoms with van der Waals surface area (Å²) in [4.78, 5) is 0. The second-order valence-corrected chi connectivity index (χ2v) is 5.37. The van der Waals surface area contributed by atoms with Gasteiger partial charge in [-0.15, -0.1) is 0 Å². The standard InChI is InChI=1S/C14H20FN/c1-9(2)11-6-12(8-13(15)7-11)14(4-5-14)10(3)16/h6-10H,4-5,16H2,1-3H3. The number of hydrogen-bond acceptors (Lipinski definition) is 1. The van der Waals surface area contributed by atoms with Crippen molar-refractivity contribution in [2.75, 3.05) is 0 Å². The summed E-state index contributed by atoms with van der Waals surface area (Å²) in [5.41, 5.74) is 8.23. The Kier molecular flexibility index (Phi) is 2.79. The SMILES string of the molecule is CC(C)c1cc(F)cc(C2(C(C)N)CC2)c1. The molecule has 2 heteroatoms. The lowest BCUT2D eigenvalue weighted by Gasteiger charge is -2.21. The minimum Gasteiger partial charge on any atom is -0.327 e. The first-order chi connectivity index (χ1) is 7.45. The van der Waals surface area contributed by atoms with Crippen LogP contribution in [0.3, 0.4) is 0 Å². The Labute approximate surface area is 96.9 Å². The van der Waals surface area contributed by atoms with Gasteiger partial charge in [0.15, 0.2) is 0 Å². The maximum atomic E-state index is 13.6. The summed E-state index contributed by atoms with van der Waals surface area (Å²) in [5, 5.41) is 0. The molecular formula is C14H20FN. The smallest absolute Gasteiger partial charge is 0.123 e. The van der Waals surface area contributed by atoms with Crippen LogP contribution in [-0.2, 0) is 5.41 Å². The third-order valence-corrected chi connectivity index (χ3v) is 3.82. The summed E-state index contributed by atoms with van der Waals surface area (Å²) >= 11 is 0. The van der Waals surface area contributed by atoms with Gasteiger partial charge >= 0.3 is 0 Å². The van der Waals surface area contributed by atoms with Crippen LogP contribution >= 0.6 is 0 Å². The molecule has 1 saturated carbocycles. The van der Waals surface area contributed by atoms with Crippen LogP contribution in [0.4, 0.5) is 4.39 Å². The van der Waals surface area contributed by atoms with Gasteiger partial charge in [0.05, 0.1) is 0 Å². The third kappa shape index (κ3) is 1.86. The van der Waals surface area contributed by atoms with E-state index >= 15 is 0 Å². The maximum absolute atomic E-state index is 13.6. The van der Waals surface area contributed by atoms with Gasteiger partial charge in [0, 0.05) is 11.5 Å². The van der Waals surface area contributed by atoms with E-state index in [0.29, 0.717) is 5.92 Å². The van der Waals surface area contributed by atoms with Gasteiger partial charge < -0.3 is 5.73 Å². The normalized spacial score (nSPS) is 19.9. The van der Waals surface area contributed by atoms with Gasteiger partial charge in [-0.2, -0.15) is 0 Å². The summed E-state index contributed by atoms with van der Waals surface area (Å²) in [5.74, 6) is 0.228. The molecule has 1 nitrogen and oxygen atoms in total. The maximum Gasteiger partial charge on any atom is 0.123 e. The highest BCUT2D eigenvalue weighted by Gasteiger charge is 2.47. The fraction of sp³-hybridized carbons (Fsp3) is 0.571. The highest BCUT2D eigenvalue weighted by molar-refractivity contribution is 5.38. The molecule has 0 saturated heterocycles. The van der Waals surface area contributed by atoms with E-state index in [1.807, 2.05) is 6.92 Å². The lowest BCUT2D eigenvalue weighted by molar-refractivity contribution is 0.546. The van der Waals surface area contributed by atoms with E-state index in [1.54, 1.807) is 12.1 Å². The van der Waals surface area contributed by atoms with E-state index in [2.05, 4.69) is 19.9 Å². The van der Waals surface area contributed by atoms with Crippen molar-refractivity contribution in [1.82, 2.24) is 0 Å². The van der Waals surface area contributed by atoms with Crippen LogP contribution in [-0.4, -0.2) is 6.04 Å². The summed E-state index contributed by atoms with van der Waals surface area (Å²) in [6, 6.07) is 5.52. The number of nitrogens with two attached hydrogens (primary N) is 1. The Bertz CT molecular complexity index is 392. The quantitative estimate of drug-likeness (QED) is 0.832. The molecule has 1 atom stereocenters. The molecule has 16 heavy (non-hydrogen) atoms. The van der Waals surface area contributed by atoms with Crippen molar-refractivity contribution in [3.05, 3.63) is 35.1 Å². The van der Waals surface area contributed by atoms with Crippen LogP contribution in [0.5, 0.6) is 0 Å². The van der Waals surface area contributed by atoms with Gasteiger partial charge in [-0.1, -0.05) is 19.9 Å². The molecule has 1 aliphatic carbocycles. The van der Waals surface area contributed by atoms with Gasteiger partial charge in [-0.3, -0.25) is 0 Å². The molecule has 0 bridgehead atoms. The molecular weight excluding hydrogens is 201 g/mol. The second-order valence-electron chi connectivity index (χ2n) is 5.37. The summed E-state index contributed by atoms with van der Waals surface area (Å²) in [7, 11) is 0. The molecule has 0 heterocycles. The highest BCUT2D eigenvalue weighted by Crippen LogP contribution is 2.50. The first kappa shape index (κ1) is 11.6. The minimum atomic E-state index is -0.131. The van der Waals surface area contributed by atoms with Crippen molar-refractivity contribution < 1.29 is 4.39 Å². The van der Waals surface area contributed by atoms with E-state index < -0.39 is 0 Å². The van der Waals surface area contributed by atoms with Gasteiger partial charge in [-0.25, -0.2) is 4.39 Å². The fourth-order valence-corrected chi connectivity index (χ4v) is 2.37. The molecule has 0 aliphatic heterocycles. The monoisotopic (exact) mass is 221 g/mol. The summed E-state index contributed by atoms with van der Waals surface area (Å²) in [6.45, 7) is 6.20. The lowest BCUT2D eigenvalue weighted by Crippen LogP contribution is -2.31. The van der Waals surface area contributed by atoms with Crippen LogP contribution in [0.25, 0.3) is 0 Å². The molecule has 1 aliphatic rings. The molecule has 0 aromatic heterocycles. The van der Waals surface area contributed by atoms with Gasteiger partial charge in [0.1, 0.15) is 5.82 Å². The van der Waals surface area contributed by atoms with Crippen LogP contribution in [0.2, 0.25) is 0 Å². The molecule has 2 rings (SSSR count). The Morgan fingerprint density at radius 3 is 2.25 bits per heavy atom. The zero-order valence-corrected chi connectivity index (χ0v) is 10.3.